The zero-order chi connectivity index (χ0) is 13.1. The van der Waals surface area contributed by atoms with Crippen molar-refractivity contribution < 1.29 is 0 Å². The molecule has 2 aromatic rings. The van der Waals surface area contributed by atoms with Gasteiger partial charge in [0.25, 0.3) is 0 Å². The van der Waals surface area contributed by atoms with Gasteiger partial charge in [-0.1, -0.05) is 0 Å². The third kappa shape index (κ3) is 3.01. The molecule has 0 saturated heterocycles. The molecule has 0 bridgehead atoms. The smallest absolute Gasteiger partial charge is 0.0821 e. The molecular formula is C14H22N4. The molecule has 0 aliphatic carbocycles. The molecule has 0 radical (unpaired) electrons. The molecule has 98 valence electrons. The second-order valence-corrected chi connectivity index (χ2v) is 5.19. The maximum Gasteiger partial charge on any atom is 0.0821 e. The van der Waals surface area contributed by atoms with E-state index in [9.17, 15) is 0 Å². The molecule has 0 aliphatic heterocycles. The predicted octanol–water partition coefficient (Wildman–Crippen LogP) is 2.20. The topological polar surface area (TPSA) is 48.8 Å². The van der Waals surface area contributed by atoms with E-state index in [1.807, 2.05) is 17.8 Å². The minimum atomic E-state index is 0.187. The fourth-order valence-electron chi connectivity index (χ4n) is 2.04. The summed E-state index contributed by atoms with van der Waals surface area (Å²) in [6.45, 7) is 7.11. The van der Waals surface area contributed by atoms with Crippen LogP contribution in [0.1, 0.15) is 38.2 Å². The molecular weight excluding hydrogens is 224 g/mol. The number of hydrogen-bond acceptors (Lipinski definition) is 2. The van der Waals surface area contributed by atoms with Gasteiger partial charge in [0.05, 0.1) is 12.2 Å². The molecule has 2 heterocycles. The molecule has 0 aromatic carbocycles. The van der Waals surface area contributed by atoms with Crippen LogP contribution in [-0.4, -0.2) is 20.4 Å². The summed E-state index contributed by atoms with van der Waals surface area (Å²) in [5, 5.41) is 4.57. The number of nitrogens with zero attached hydrogens (tertiary/aromatic N) is 3. The summed E-state index contributed by atoms with van der Waals surface area (Å²) in [7, 11) is 0. The average Bonchev–Trinajstić information content (AvgIpc) is 2.89. The molecule has 18 heavy (non-hydrogen) atoms. The van der Waals surface area contributed by atoms with E-state index < -0.39 is 0 Å². The second-order valence-electron chi connectivity index (χ2n) is 5.19. The lowest BCUT2D eigenvalue weighted by Crippen LogP contribution is -2.20. The normalized spacial score (nSPS) is 13.2. The van der Waals surface area contributed by atoms with Gasteiger partial charge in [-0.15, -0.1) is 0 Å². The Bertz CT molecular complexity index is 493. The van der Waals surface area contributed by atoms with Gasteiger partial charge in [0.1, 0.15) is 0 Å². The first kappa shape index (κ1) is 12.9. The van der Waals surface area contributed by atoms with Crippen molar-refractivity contribution >= 4 is 0 Å². The zero-order valence-corrected chi connectivity index (χ0v) is 11.4. The number of rotatable bonds is 5. The van der Waals surface area contributed by atoms with Gasteiger partial charge in [-0.05, 0) is 39.0 Å². The monoisotopic (exact) mass is 246 g/mol. The highest BCUT2D eigenvalue weighted by Gasteiger charge is 2.07. The van der Waals surface area contributed by atoms with E-state index >= 15 is 0 Å². The van der Waals surface area contributed by atoms with Crippen molar-refractivity contribution in [2.45, 2.75) is 45.8 Å². The van der Waals surface area contributed by atoms with Crippen LogP contribution in [-0.2, 0) is 13.0 Å². The van der Waals surface area contributed by atoms with Crippen molar-refractivity contribution in [3.05, 3.63) is 42.0 Å². The van der Waals surface area contributed by atoms with E-state index in [4.69, 9.17) is 5.73 Å². The maximum absolute atomic E-state index is 5.86. The highest BCUT2D eigenvalue weighted by atomic mass is 15.3. The number of hydrogen-bond donors (Lipinski definition) is 1. The average molecular weight is 246 g/mol. The van der Waals surface area contributed by atoms with Gasteiger partial charge in [-0.25, -0.2) is 0 Å². The Morgan fingerprint density at radius 2 is 2.00 bits per heavy atom. The molecule has 0 amide bonds. The van der Waals surface area contributed by atoms with E-state index in [2.05, 4.69) is 47.9 Å². The Morgan fingerprint density at radius 1 is 1.22 bits per heavy atom. The summed E-state index contributed by atoms with van der Waals surface area (Å²) in [5.41, 5.74) is 8.21. The summed E-state index contributed by atoms with van der Waals surface area (Å²) < 4.78 is 4.21. The minimum absolute atomic E-state index is 0.187. The molecule has 0 saturated carbocycles. The van der Waals surface area contributed by atoms with E-state index in [1.165, 1.54) is 5.69 Å². The highest BCUT2D eigenvalue weighted by Crippen LogP contribution is 2.10. The Hall–Kier alpha value is -1.55. The van der Waals surface area contributed by atoms with Crippen LogP contribution >= 0.6 is 0 Å². The van der Waals surface area contributed by atoms with Crippen LogP contribution in [0.25, 0.3) is 0 Å². The number of nitrogens with two attached hydrogens (primary N) is 1. The van der Waals surface area contributed by atoms with Crippen molar-refractivity contribution in [3.8, 4) is 0 Å². The Morgan fingerprint density at radius 3 is 2.61 bits per heavy atom. The summed E-state index contributed by atoms with van der Waals surface area (Å²) in [6, 6.07) is 6.87. The lowest BCUT2D eigenvalue weighted by atomic mass is 10.2. The van der Waals surface area contributed by atoms with E-state index in [-0.39, 0.29) is 6.04 Å². The van der Waals surface area contributed by atoms with Crippen molar-refractivity contribution in [1.82, 2.24) is 14.3 Å². The summed E-state index contributed by atoms with van der Waals surface area (Å²) in [6.07, 6.45) is 5.03. The standard InChI is InChI=1S/C14H22N4/c1-11(2)18-8-6-13(16-18)10-17-7-4-5-14(17)9-12(3)15/h4-8,11-12H,9-10,15H2,1-3H3. The largest absolute Gasteiger partial charge is 0.345 e. The van der Waals surface area contributed by atoms with Crippen LogP contribution in [0.15, 0.2) is 30.6 Å². The van der Waals surface area contributed by atoms with Gasteiger partial charge in [0.15, 0.2) is 0 Å². The highest BCUT2D eigenvalue weighted by molar-refractivity contribution is 5.12. The van der Waals surface area contributed by atoms with Crippen molar-refractivity contribution in [2.75, 3.05) is 0 Å². The molecule has 2 aromatic heterocycles. The van der Waals surface area contributed by atoms with Gasteiger partial charge in [0, 0.05) is 36.6 Å². The van der Waals surface area contributed by atoms with Gasteiger partial charge < -0.3 is 10.3 Å². The molecule has 4 nitrogen and oxygen atoms in total. The first-order chi connectivity index (χ1) is 8.56. The van der Waals surface area contributed by atoms with Gasteiger partial charge in [-0.2, -0.15) is 5.10 Å². The maximum atomic E-state index is 5.86. The minimum Gasteiger partial charge on any atom is -0.345 e. The van der Waals surface area contributed by atoms with Crippen LogP contribution < -0.4 is 5.73 Å². The van der Waals surface area contributed by atoms with Crippen molar-refractivity contribution in [3.63, 3.8) is 0 Å². The molecule has 2 rings (SSSR count). The molecule has 1 unspecified atom stereocenters. The van der Waals surface area contributed by atoms with Gasteiger partial charge in [-0.3, -0.25) is 4.68 Å². The summed E-state index contributed by atoms with van der Waals surface area (Å²) in [4.78, 5) is 0. The lowest BCUT2D eigenvalue weighted by molar-refractivity contribution is 0.522. The molecule has 0 fully saturated rings. The molecule has 4 heteroatoms. The van der Waals surface area contributed by atoms with Crippen LogP contribution in [0.3, 0.4) is 0 Å². The third-order valence-electron chi connectivity index (χ3n) is 2.98. The quantitative estimate of drug-likeness (QED) is 0.879. The van der Waals surface area contributed by atoms with Crippen molar-refractivity contribution in [1.29, 1.82) is 0 Å². The van der Waals surface area contributed by atoms with E-state index in [0.717, 1.165) is 18.7 Å². The number of aromatic nitrogens is 3. The second kappa shape index (κ2) is 5.40. The van der Waals surface area contributed by atoms with Gasteiger partial charge >= 0.3 is 0 Å². The van der Waals surface area contributed by atoms with Crippen LogP contribution in [0.2, 0.25) is 0 Å². The van der Waals surface area contributed by atoms with Gasteiger partial charge in [0.2, 0.25) is 0 Å². The van der Waals surface area contributed by atoms with E-state index in [0.29, 0.717) is 6.04 Å². The SMILES string of the molecule is CC(N)Cc1cccn1Cc1ccn(C(C)C)n1. The van der Waals surface area contributed by atoms with Crippen LogP contribution in [0.4, 0.5) is 0 Å². The van der Waals surface area contributed by atoms with Crippen molar-refractivity contribution in [2.24, 2.45) is 5.73 Å². The van der Waals surface area contributed by atoms with Crippen LogP contribution in [0, 0.1) is 0 Å². The zero-order valence-electron chi connectivity index (χ0n) is 11.4. The fourth-order valence-corrected chi connectivity index (χ4v) is 2.04. The Labute approximate surface area is 108 Å². The fraction of sp³-hybridized carbons (Fsp3) is 0.500. The summed E-state index contributed by atoms with van der Waals surface area (Å²) >= 11 is 0. The lowest BCUT2D eigenvalue weighted by Gasteiger charge is -2.10. The Balaban J connectivity index is 2.10. The first-order valence-electron chi connectivity index (χ1n) is 6.50. The Kier molecular flexibility index (Phi) is 3.87. The molecule has 0 spiro atoms. The molecule has 1 atom stereocenters. The van der Waals surface area contributed by atoms with Crippen LogP contribution in [0.5, 0.6) is 0 Å². The molecule has 0 aliphatic rings. The first-order valence-corrected chi connectivity index (χ1v) is 6.50. The van der Waals surface area contributed by atoms with E-state index in [1.54, 1.807) is 0 Å². The summed E-state index contributed by atoms with van der Waals surface area (Å²) in [5.74, 6) is 0. The predicted molar refractivity (Wildman–Crippen MR) is 73.5 cm³/mol. The third-order valence-corrected chi connectivity index (χ3v) is 2.98. The molecule has 2 N–H and O–H groups in total.